The normalized spacial score (nSPS) is 11.6. The minimum atomic E-state index is 0.316. The van der Waals surface area contributed by atoms with Crippen molar-refractivity contribution in [3.05, 3.63) is 35.0 Å². The number of hydrogen-bond acceptors (Lipinski definition) is 5. The van der Waals surface area contributed by atoms with Crippen LogP contribution in [0.15, 0.2) is 18.6 Å². The molecule has 0 atom stereocenters. The zero-order chi connectivity index (χ0) is 14.1. The van der Waals surface area contributed by atoms with Crippen LogP contribution in [-0.2, 0) is 13.0 Å². The molecule has 0 fully saturated rings. The molecule has 0 radical (unpaired) electrons. The number of aryl methyl sites for hydroxylation is 1. The molecule has 0 saturated heterocycles. The fraction of sp³-hybridized carbons (Fsp3) is 0.429. The van der Waals surface area contributed by atoms with Gasteiger partial charge in [-0.15, -0.1) is 0 Å². The van der Waals surface area contributed by atoms with Crippen LogP contribution in [0.25, 0.3) is 11.2 Å². The third kappa shape index (κ3) is 2.31. The molecule has 0 saturated carbocycles. The maximum Gasteiger partial charge on any atom is 0.164 e. The van der Waals surface area contributed by atoms with Gasteiger partial charge in [0.15, 0.2) is 5.65 Å². The van der Waals surface area contributed by atoms with Gasteiger partial charge in [-0.05, 0) is 24.0 Å². The molecular weight excluding hydrogens is 270 g/mol. The van der Waals surface area contributed by atoms with Gasteiger partial charge in [-0.3, -0.25) is 0 Å². The maximum atomic E-state index is 4.70. The molecule has 5 nitrogen and oxygen atoms in total. The number of nitrogens with zero attached hydrogens (tertiary/aromatic N) is 5. The molecule has 3 aromatic rings. The molecule has 0 aromatic carbocycles. The van der Waals surface area contributed by atoms with Gasteiger partial charge in [-0.2, -0.15) is 0 Å². The standard InChI is InChI=1S/C14H17N5S/c1-4-11-12-14(18-13(17-11)9(2)3)19(8-15-12)7-10-5-6-16-20-10/h5-6,8-9H,4,7H2,1-3H3. The van der Waals surface area contributed by atoms with Gasteiger partial charge in [-0.25, -0.2) is 19.3 Å². The summed E-state index contributed by atoms with van der Waals surface area (Å²) in [6.07, 6.45) is 4.55. The molecule has 104 valence electrons. The largest absolute Gasteiger partial charge is 0.310 e. The summed E-state index contributed by atoms with van der Waals surface area (Å²) >= 11 is 1.51. The van der Waals surface area contributed by atoms with Gasteiger partial charge in [-0.1, -0.05) is 20.8 Å². The highest BCUT2D eigenvalue weighted by Gasteiger charge is 2.14. The second-order valence-corrected chi connectivity index (χ2v) is 5.98. The Balaban J connectivity index is 2.11. The molecule has 6 heteroatoms. The molecule has 0 spiro atoms. The lowest BCUT2D eigenvalue weighted by molar-refractivity contribution is 0.754. The van der Waals surface area contributed by atoms with Gasteiger partial charge in [0.1, 0.15) is 11.3 Å². The van der Waals surface area contributed by atoms with E-state index in [1.54, 1.807) is 0 Å². The first kappa shape index (κ1) is 13.2. The van der Waals surface area contributed by atoms with Crippen molar-refractivity contribution < 1.29 is 0 Å². The molecule has 20 heavy (non-hydrogen) atoms. The molecule has 0 unspecified atom stereocenters. The van der Waals surface area contributed by atoms with Crippen LogP contribution >= 0.6 is 11.5 Å². The second-order valence-electron chi connectivity index (χ2n) is 5.06. The molecule has 0 aliphatic rings. The van der Waals surface area contributed by atoms with Crippen LogP contribution < -0.4 is 0 Å². The second kappa shape index (κ2) is 5.28. The predicted octanol–water partition coefficient (Wildman–Crippen LogP) is 3.02. The van der Waals surface area contributed by atoms with Crippen LogP contribution in [0.2, 0.25) is 0 Å². The number of fused-ring (bicyclic) bond motifs is 1. The first-order valence-electron chi connectivity index (χ1n) is 6.80. The molecule has 0 bridgehead atoms. The van der Waals surface area contributed by atoms with Gasteiger partial charge in [0.25, 0.3) is 0 Å². The summed E-state index contributed by atoms with van der Waals surface area (Å²) in [4.78, 5) is 15.0. The Morgan fingerprint density at radius 3 is 2.80 bits per heavy atom. The van der Waals surface area contributed by atoms with E-state index in [0.29, 0.717) is 5.92 Å². The molecule has 0 N–H and O–H groups in total. The summed E-state index contributed by atoms with van der Waals surface area (Å²) < 4.78 is 6.22. The Labute approximate surface area is 121 Å². The van der Waals surface area contributed by atoms with Crippen molar-refractivity contribution >= 4 is 22.7 Å². The van der Waals surface area contributed by atoms with Crippen molar-refractivity contribution in [2.45, 2.75) is 39.7 Å². The maximum absolute atomic E-state index is 4.70. The first-order chi connectivity index (χ1) is 9.69. The third-order valence-electron chi connectivity index (χ3n) is 3.22. The van der Waals surface area contributed by atoms with E-state index in [0.717, 1.165) is 35.6 Å². The van der Waals surface area contributed by atoms with Crippen LogP contribution in [0, 0.1) is 0 Å². The monoisotopic (exact) mass is 287 g/mol. The van der Waals surface area contributed by atoms with E-state index >= 15 is 0 Å². The summed E-state index contributed by atoms with van der Waals surface area (Å²) in [6, 6.07) is 2.03. The number of aromatic nitrogens is 5. The fourth-order valence-electron chi connectivity index (χ4n) is 2.13. The molecule has 0 aliphatic carbocycles. The zero-order valence-electron chi connectivity index (χ0n) is 11.9. The Bertz CT molecular complexity index is 715. The topological polar surface area (TPSA) is 56.5 Å². The van der Waals surface area contributed by atoms with E-state index < -0.39 is 0 Å². The Morgan fingerprint density at radius 2 is 2.15 bits per heavy atom. The summed E-state index contributed by atoms with van der Waals surface area (Å²) in [7, 11) is 0. The lowest BCUT2D eigenvalue weighted by atomic mass is 10.2. The minimum absolute atomic E-state index is 0.316. The number of hydrogen-bond donors (Lipinski definition) is 0. The van der Waals surface area contributed by atoms with Crippen LogP contribution in [0.4, 0.5) is 0 Å². The average Bonchev–Trinajstić information content (AvgIpc) is 3.08. The fourth-order valence-corrected chi connectivity index (χ4v) is 2.71. The van der Waals surface area contributed by atoms with Crippen LogP contribution in [-0.4, -0.2) is 23.9 Å². The molecular formula is C14H17N5S. The average molecular weight is 287 g/mol. The van der Waals surface area contributed by atoms with Crippen molar-refractivity contribution in [1.29, 1.82) is 0 Å². The Kier molecular flexibility index (Phi) is 3.48. The van der Waals surface area contributed by atoms with E-state index in [2.05, 4.69) is 39.7 Å². The van der Waals surface area contributed by atoms with E-state index in [4.69, 9.17) is 4.98 Å². The van der Waals surface area contributed by atoms with Crippen molar-refractivity contribution in [2.75, 3.05) is 0 Å². The molecule has 0 aliphatic heterocycles. The Morgan fingerprint density at radius 1 is 1.30 bits per heavy atom. The molecule has 3 aromatic heterocycles. The van der Waals surface area contributed by atoms with Gasteiger partial charge in [0.05, 0.1) is 18.6 Å². The minimum Gasteiger partial charge on any atom is -0.310 e. The molecule has 3 rings (SSSR count). The lowest BCUT2D eigenvalue weighted by Gasteiger charge is -2.08. The smallest absolute Gasteiger partial charge is 0.164 e. The van der Waals surface area contributed by atoms with Crippen LogP contribution in [0.3, 0.4) is 0 Å². The first-order valence-corrected chi connectivity index (χ1v) is 7.57. The van der Waals surface area contributed by atoms with Crippen molar-refractivity contribution in [3.8, 4) is 0 Å². The zero-order valence-corrected chi connectivity index (χ0v) is 12.7. The Hall–Kier alpha value is -1.82. The number of imidazole rings is 1. The SMILES string of the molecule is CCc1nc(C(C)C)nc2c1ncn2Cc1ccns1. The summed E-state index contributed by atoms with van der Waals surface area (Å²) in [5.74, 6) is 1.21. The van der Waals surface area contributed by atoms with Gasteiger partial charge in [0, 0.05) is 17.0 Å². The van der Waals surface area contributed by atoms with Crippen LogP contribution in [0.1, 0.15) is 43.1 Å². The van der Waals surface area contributed by atoms with E-state index in [9.17, 15) is 0 Å². The predicted molar refractivity (Wildman–Crippen MR) is 80.0 cm³/mol. The van der Waals surface area contributed by atoms with Gasteiger partial charge < -0.3 is 4.57 Å². The third-order valence-corrected chi connectivity index (χ3v) is 3.95. The van der Waals surface area contributed by atoms with Gasteiger partial charge >= 0.3 is 0 Å². The van der Waals surface area contributed by atoms with Crippen molar-refractivity contribution in [3.63, 3.8) is 0 Å². The highest BCUT2D eigenvalue weighted by molar-refractivity contribution is 7.05. The molecule has 3 heterocycles. The van der Waals surface area contributed by atoms with Gasteiger partial charge in [0.2, 0.25) is 0 Å². The quantitative estimate of drug-likeness (QED) is 0.740. The highest BCUT2D eigenvalue weighted by Crippen LogP contribution is 2.20. The van der Waals surface area contributed by atoms with E-state index in [-0.39, 0.29) is 0 Å². The number of rotatable bonds is 4. The highest BCUT2D eigenvalue weighted by atomic mass is 32.1. The van der Waals surface area contributed by atoms with E-state index in [1.165, 1.54) is 16.4 Å². The van der Waals surface area contributed by atoms with Crippen LogP contribution in [0.5, 0.6) is 0 Å². The van der Waals surface area contributed by atoms with E-state index in [1.807, 2.05) is 18.6 Å². The molecule has 0 amide bonds. The van der Waals surface area contributed by atoms with Crippen molar-refractivity contribution in [1.82, 2.24) is 23.9 Å². The lowest BCUT2D eigenvalue weighted by Crippen LogP contribution is -2.05. The summed E-state index contributed by atoms with van der Waals surface area (Å²) in [6.45, 7) is 7.10. The summed E-state index contributed by atoms with van der Waals surface area (Å²) in [5, 5.41) is 0. The van der Waals surface area contributed by atoms with Crippen molar-refractivity contribution in [2.24, 2.45) is 0 Å². The summed E-state index contributed by atoms with van der Waals surface area (Å²) in [5.41, 5.74) is 2.87.